The summed E-state index contributed by atoms with van der Waals surface area (Å²) >= 11 is 5.88. The van der Waals surface area contributed by atoms with Crippen molar-refractivity contribution in [3.8, 4) is 11.3 Å². The van der Waals surface area contributed by atoms with E-state index in [-0.39, 0.29) is 0 Å². The first-order valence-corrected chi connectivity index (χ1v) is 5.41. The number of carbonyl (C=O) groups excluding carboxylic acids is 1. The third-order valence-corrected chi connectivity index (χ3v) is 2.78. The molecule has 0 bridgehead atoms. The van der Waals surface area contributed by atoms with E-state index < -0.39 is 0 Å². The average molecular weight is 235 g/mol. The van der Waals surface area contributed by atoms with Crippen LogP contribution in [0.1, 0.15) is 17.3 Å². The van der Waals surface area contributed by atoms with Crippen molar-refractivity contribution >= 4 is 17.9 Å². The van der Waals surface area contributed by atoms with Crippen LogP contribution in [0.15, 0.2) is 30.5 Å². The van der Waals surface area contributed by atoms with E-state index in [1.807, 2.05) is 23.7 Å². The van der Waals surface area contributed by atoms with Gasteiger partial charge in [-0.3, -0.25) is 9.48 Å². The fraction of sp³-hybridized carbons (Fsp3) is 0.167. The van der Waals surface area contributed by atoms with Crippen LogP contribution >= 0.6 is 11.6 Å². The Hall–Kier alpha value is -1.61. The van der Waals surface area contributed by atoms with Crippen molar-refractivity contribution in [3.63, 3.8) is 0 Å². The molecule has 0 saturated heterocycles. The van der Waals surface area contributed by atoms with Crippen LogP contribution in [0.25, 0.3) is 11.3 Å². The van der Waals surface area contributed by atoms with Crippen LogP contribution in [0.2, 0.25) is 5.02 Å². The summed E-state index contributed by atoms with van der Waals surface area (Å²) in [5, 5.41) is 4.66. The van der Waals surface area contributed by atoms with Crippen molar-refractivity contribution in [1.29, 1.82) is 0 Å². The third kappa shape index (κ3) is 1.86. The van der Waals surface area contributed by atoms with E-state index in [0.717, 1.165) is 24.1 Å². The molecule has 0 amide bonds. The summed E-state index contributed by atoms with van der Waals surface area (Å²) in [5.41, 5.74) is 2.44. The van der Waals surface area contributed by atoms with Crippen molar-refractivity contribution in [1.82, 2.24) is 9.78 Å². The molecule has 82 valence electrons. The minimum absolute atomic E-state index is 0.473. The number of aryl methyl sites for hydroxylation is 1. The molecular formula is C12H11ClN2O. The van der Waals surface area contributed by atoms with Crippen molar-refractivity contribution in [3.05, 3.63) is 41.0 Å². The maximum Gasteiger partial charge on any atom is 0.151 e. The van der Waals surface area contributed by atoms with Gasteiger partial charge < -0.3 is 0 Å². The van der Waals surface area contributed by atoms with E-state index in [0.29, 0.717) is 10.6 Å². The van der Waals surface area contributed by atoms with Gasteiger partial charge in [-0.15, -0.1) is 0 Å². The molecule has 2 aromatic rings. The van der Waals surface area contributed by atoms with Gasteiger partial charge in [0, 0.05) is 23.9 Å². The summed E-state index contributed by atoms with van der Waals surface area (Å²) in [5.74, 6) is 0. The van der Waals surface area contributed by atoms with Crippen LogP contribution in [0.4, 0.5) is 0 Å². The van der Waals surface area contributed by atoms with E-state index in [9.17, 15) is 4.79 Å². The largest absolute Gasteiger partial charge is 0.298 e. The lowest BCUT2D eigenvalue weighted by atomic mass is 10.1. The normalized spacial score (nSPS) is 10.4. The Morgan fingerprint density at radius 1 is 1.44 bits per heavy atom. The maximum absolute atomic E-state index is 10.8. The number of rotatable bonds is 3. The average Bonchev–Trinajstić information content (AvgIpc) is 2.78. The Morgan fingerprint density at radius 2 is 2.25 bits per heavy atom. The lowest BCUT2D eigenvalue weighted by Gasteiger charge is -2.06. The van der Waals surface area contributed by atoms with Gasteiger partial charge in [-0.2, -0.15) is 5.10 Å². The SMILES string of the molecule is CCn1nccc1-c1ccc(Cl)c(C=O)c1. The van der Waals surface area contributed by atoms with E-state index >= 15 is 0 Å². The fourth-order valence-electron chi connectivity index (χ4n) is 1.62. The number of aromatic nitrogens is 2. The first-order valence-electron chi connectivity index (χ1n) is 5.03. The minimum Gasteiger partial charge on any atom is -0.298 e. The van der Waals surface area contributed by atoms with Gasteiger partial charge in [0.15, 0.2) is 6.29 Å². The molecule has 1 aromatic heterocycles. The van der Waals surface area contributed by atoms with Crippen molar-refractivity contribution in [2.24, 2.45) is 0 Å². The van der Waals surface area contributed by atoms with Gasteiger partial charge in [0.05, 0.1) is 10.7 Å². The van der Waals surface area contributed by atoms with Crippen LogP contribution < -0.4 is 0 Å². The summed E-state index contributed by atoms with van der Waals surface area (Å²) in [6, 6.07) is 7.31. The molecule has 3 nitrogen and oxygen atoms in total. The van der Waals surface area contributed by atoms with E-state index in [1.165, 1.54) is 0 Å². The number of aldehydes is 1. The Morgan fingerprint density at radius 3 is 2.94 bits per heavy atom. The molecule has 0 atom stereocenters. The second-order valence-corrected chi connectivity index (χ2v) is 3.79. The molecule has 16 heavy (non-hydrogen) atoms. The number of hydrogen-bond acceptors (Lipinski definition) is 2. The maximum atomic E-state index is 10.8. The van der Waals surface area contributed by atoms with E-state index in [2.05, 4.69) is 5.10 Å². The van der Waals surface area contributed by atoms with Crippen molar-refractivity contribution < 1.29 is 4.79 Å². The number of hydrogen-bond donors (Lipinski definition) is 0. The van der Waals surface area contributed by atoms with Crippen LogP contribution in [0.5, 0.6) is 0 Å². The fourth-order valence-corrected chi connectivity index (χ4v) is 1.79. The topological polar surface area (TPSA) is 34.9 Å². The van der Waals surface area contributed by atoms with Crippen LogP contribution in [-0.4, -0.2) is 16.1 Å². The quantitative estimate of drug-likeness (QED) is 0.766. The Labute approximate surface area is 98.7 Å². The molecule has 2 rings (SSSR count). The highest BCUT2D eigenvalue weighted by Gasteiger charge is 2.06. The molecule has 4 heteroatoms. The molecule has 1 heterocycles. The molecule has 0 aliphatic carbocycles. The van der Waals surface area contributed by atoms with Crippen LogP contribution in [0, 0.1) is 0 Å². The molecule has 0 N–H and O–H groups in total. The zero-order valence-electron chi connectivity index (χ0n) is 8.85. The summed E-state index contributed by atoms with van der Waals surface area (Å²) in [7, 11) is 0. The second kappa shape index (κ2) is 4.49. The van der Waals surface area contributed by atoms with Gasteiger partial charge in [0.1, 0.15) is 0 Å². The standard InChI is InChI=1S/C12H11ClN2O/c1-2-15-12(5-6-14-15)9-3-4-11(13)10(7-9)8-16/h3-8H,2H2,1H3. The first-order chi connectivity index (χ1) is 7.76. The van der Waals surface area contributed by atoms with E-state index in [1.54, 1.807) is 18.3 Å². The molecule has 0 aliphatic heterocycles. The van der Waals surface area contributed by atoms with Crippen molar-refractivity contribution in [2.75, 3.05) is 0 Å². The van der Waals surface area contributed by atoms with Gasteiger partial charge in [0.2, 0.25) is 0 Å². The Kier molecular flexibility index (Phi) is 3.06. The molecule has 0 aliphatic rings. The second-order valence-electron chi connectivity index (χ2n) is 3.39. The number of halogens is 1. The molecule has 0 unspecified atom stereocenters. The molecule has 0 spiro atoms. The Bertz CT molecular complexity index is 519. The van der Waals surface area contributed by atoms with Gasteiger partial charge in [-0.25, -0.2) is 0 Å². The van der Waals surface area contributed by atoms with Gasteiger partial charge in [-0.05, 0) is 25.1 Å². The lowest BCUT2D eigenvalue weighted by Crippen LogP contribution is -1.99. The predicted octanol–water partition coefficient (Wildman–Crippen LogP) is 3.04. The van der Waals surface area contributed by atoms with Gasteiger partial charge in [0.25, 0.3) is 0 Å². The summed E-state index contributed by atoms with van der Waals surface area (Å²) < 4.78 is 1.87. The third-order valence-electron chi connectivity index (χ3n) is 2.43. The number of nitrogens with zero attached hydrogens (tertiary/aromatic N) is 2. The molecule has 0 fully saturated rings. The highest BCUT2D eigenvalue weighted by molar-refractivity contribution is 6.33. The highest BCUT2D eigenvalue weighted by atomic mass is 35.5. The zero-order chi connectivity index (χ0) is 11.5. The van der Waals surface area contributed by atoms with E-state index in [4.69, 9.17) is 11.6 Å². The minimum atomic E-state index is 0.473. The lowest BCUT2D eigenvalue weighted by molar-refractivity contribution is 0.112. The van der Waals surface area contributed by atoms with Gasteiger partial charge in [-0.1, -0.05) is 17.7 Å². The molecule has 0 radical (unpaired) electrons. The first kappa shape index (κ1) is 10.9. The Balaban J connectivity index is 2.52. The predicted molar refractivity (Wildman–Crippen MR) is 63.7 cm³/mol. The number of carbonyl (C=O) groups is 1. The smallest absolute Gasteiger partial charge is 0.151 e. The van der Waals surface area contributed by atoms with Crippen LogP contribution in [-0.2, 0) is 6.54 Å². The number of benzene rings is 1. The zero-order valence-corrected chi connectivity index (χ0v) is 9.61. The highest BCUT2D eigenvalue weighted by Crippen LogP contribution is 2.24. The summed E-state index contributed by atoms with van der Waals surface area (Å²) in [6.07, 6.45) is 2.51. The monoisotopic (exact) mass is 234 g/mol. The summed E-state index contributed by atoms with van der Waals surface area (Å²) in [6.45, 7) is 2.81. The van der Waals surface area contributed by atoms with Crippen LogP contribution in [0.3, 0.4) is 0 Å². The molecule has 0 saturated carbocycles. The molecular weight excluding hydrogens is 224 g/mol. The van der Waals surface area contributed by atoms with Gasteiger partial charge >= 0.3 is 0 Å². The molecule has 1 aromatic carbocycles. The van der Waals surface area contributed by atoms with Crippen molar-refractivity contribution in [2.45, 2.75) is 13.5 Å². The summed E-state index contributed by atoms with van der Waals surface area (Å²) in [4.78, 5) is 10.8.